The molecule has 0 aliphatic carbocycles. The van der Waals surface area contributed by atoms with Crippen LogP contribution >= 0.6 is 0 Å². The number of aliphatic hydroxyl groups is 1. The maximum absolute atomic E-state index is 10.1. The highest BCUT2D eigenvalue weighted by Gasteiger charge is 2.22. The van der Waals surface area contributed by atoms with Gasteiger partial charge in [-0.15, -0.1) is 0 Å². The molecule has 3 aromatic rings. The second-order valence-corrected chi connectivity index (χ2v) is 7.56. The third kappa shape index (κ3) is 4.12. The predicted octanol–water partition coefficient (Wildman–Crippen LogP) is 3.12. The van der Waals surface area contributed by atoms with Crippen LogP contribution in [0, 0.1) is 6.92 Å². The molecule has 3 heterocycles. The predicted molar refractivity (Wildman–Crippen MR) is 106 cm³/mol. The van der Waals surface area contributed by atoms with E-state index in [0.29, 0.717) is 13.1 Å². The summed E-state index contributed by atoms with van der Waals surface area (Å²) in [5.74, 6) is 1.83. The van der Waals surface area contributed by atoms with Crippen molar-refractivity contribution in [2.24, 2.45) is 0 Å². The van der Waals surface area contributed by atoms with Gasteiger partial charge >= 0.3 is 0 Å². The van der Waals surface area contributed by atoms with Gasteiger partial charge in [-0.05, 0) is 45.0 Å². The molecule has 1 aliphatic rings. The maximum Gasteiger partial charge on any atom is 0.150 e. The number of aliphatic hydroxyl groups excluding tert-OH is 1. The lowest BCUT2D eigenvalue weighted by Crippen LogP contribution is -2.39. The van der Waals surface area contributed by atoms with Crippen LogP contribution in [0.15, 0.2) is 41.1 Å². The van der Waals surface area contributed by atoms with Crippen molar-refractivity contribution in [2.75, 3.05) is 25.0 Å². The molecule has 1 saturated heterocycles. The van der Waals surface area contributed by atoms with Gasteiger partial charge in [0.1, 0.15) is 5.82 Å². The van der Waals surface area contributed by atoms with E-state index in [1.165, 1.54) is 11.1 Å². The van der Waals surface area contributed by atoms with Crippen LogP contribution in [0.1, 0.15) is 29.7 Å². The SMILES string of the molecule is Cc1ccc2nc(N3CCC[C@@H](O)C3)c(CN(C)Cc3ccno3)cc2c1. The number of piperidine rings is 1. The van der Waals surface area contributed by atoms with Crippen LogP contribution in [0.2, 0.25) is 0 Å². The number of hydrogen-bond acceptors (Lipinski definition) is 6. The number of aromatic nitrogens is 2. The van der Waals surface area contributed by atoms with Gasteiger partial charge in [0.15, 0.2) is 5.76 Å². The Morgan fingerprint density at radius 3 is 2.93 bits per heavy atom. The van der Waals surface area contributed by atoms with E-state index < -0.39 is 0 Å². The Morgan fingerprint density at radius 1 is 1.26 bits per heavy atom. The standard InChI is InChI=1S/C21H26N4O2/c1-15-5-6-20-16(10-15)11-17(12-24(2)14-19-7-8-22-27-19)21(23-20)25-9-3-4-18(26)13-25/h5-8,10-11,18,26H,3-4,9,12-14H2,1-2H3/t18-/m1/s1. The number of rotatable bonds is 5. The molecule has 0 bridgehead atoms. The zero-order valence-electron chi connectivity index (χ0n) is 15.9. The van der Waals surface area contributed by atoms with Crippen LogP contribution in [0.25, 0.3) is 10.9 Å². The molecule has 1 fully saturated rings. The Hall–Kier alpha value is -2.44. The number of nitrogens with zero attached hydrogens (tertiary/aromatic N) is 4. The van der Waals surface area contributed by atoms with E-state index in [4.69, 9.17) is 9.51 Å². The van der Waals surface area contributed by atoms with Crippen molar-refractivity contribution in [1.29, 1.82) is 0 Å². The number of aryl methyl sites for hydroxylation is 1. The fourth-order valence-corrected chi connectivity index (χ4v) is 3.80. The molecule has 0 amide bonds. The summed E-state index contributed by atoms with van der Waals surface area (Å²) in [6.45, 7) is 5.11. The second kappa shape index (κ2) is 7.66. The van der Waals surface area contributed by atoms with E-state index in [9.17, 15) is 5.11 Å². The minimum absolute atomic E-state index is 0.283. The number of fused-ring (bicyclic) bond motifs is 1. The smallest absolute Gasteiger partial charge is 0.150 e. The van der Waals surface area contributed by atoms with Crippen molar-refractivity contribution in [3.8, 4) is 0 Å². The van der Waals surface area contributed by atoms with Gasteiger partial charge in [0.05, 0.1) is 24.4 Å². The van der Waals surface area contributed by atoms with E-state index in [-0.39, 0.29) is 6.10 Å². The number of anilines is 1. The van der Waals surface area contributed by atoms with Crippen molar-refractivity contribution in [3.05, 3.63) is 53.4 Å². The lowest BCUT2D eigenvalue weighted by Gasteiger charge is -2.33. The molecule has 0 saturated carbocycles. The molecule has 4 rings (SSSR count). The van der Waals surface area contributed by atoms with Gasteiger partial charge < -0.3 is 14.5 Å². The van der Waals surface area contributed by atoms with Crippen LogP contribution < -0.4 is 4.90 Å². The summed E-state index contributed by atoms with van der Waals surface area (Å²) in [4.78, 5) is 9.40. The first-order valence-electron chi connectivity index (χ1n) is 9.50. The molecule has 6 nitrogen and oxygen atoms in total. The van der Waals surface area contributed by atoms with Crippen molar-refractivity contribution in [1.82, 2.24) is 15.0 Å². The topological polar surface area (TPSA) is 65.6 Å². The fourth-order valence-electron chi connectivity index (χ4n) is 3.80. The molecule has 6 heteroatoms. The molecular weight excluding hydrogens is 340 g/mol. The van der Waals surface area contributed by atoms with Gasteiger partial charge in [0.25, 0.3) is 0 Å². The quantitative estimate of drug-likeness (QED) is 0.748. The highest BCUT2D eigenvalue weighted by atomic mass is 16.5. The van der Waals surface area contributed by atoms with E-state index >= 15 is 0 Å². The van der Waals surface area contributed by atoms with Crippen molar-refractivity contribution in [3.63, 3.8) is 0 Å². The second-order valence-electron chi connectivity index (χ2n) is 7.56. The highest BCUT2D eigenvalue weighted by molar-refractivity contribution is 5.82. The Bertz CT molecular complexity index is 910. The zero-order chi connectivity index (χ0) is 18.8. The zero-order valence-corrected chi connectivity index (χ0v) is 15.9. The average Bonchev–Trinajstić information content (AvgIpc) is 3.14. The molecule has 1 aliphatic heterocycles. The molecule has 1 atom stereocenters. The molecular formula is C21H26N4O2. The summed E-state index contributed by atoms with van der Waals surface area (Å²) in [5, 5.41) is 15.1. The van der Waals surface area contributed by atoms with Crippen LogP contribution in [-0.2, 0) is 13.1 Å². The van der Waals surface area contributed by atoms with Gasteiger partial charge in [-0.2, -0.15) is 0 Å². The summed E-state index contributed by atoms with van der Waals surface area (Å²) in [5.41, 5.74) is 3.40. The normalized spacial score (nSPS) is 17.8. The van der Waals surface area contributed by atoms with Crippen LogP contribution in [0.5, 0.6) is 0 Å². The number of benzene rings is 1. The van der Waals surface area contributed by atoms with Gasteiger partial charge in [-0.25, -0.2) is 4.98 Å². The Kier molecular flexibility index (Phi) is 5.09. The Balaban J connectivity index is 1.67. The molecule has 0 spiro atoms. The number of β-amino-alcohol motifs (C(OH)–C–C–N with tert-alkyl or cyclic N) is 1. The lowest BCUT2D eigenvalue weighted by molar-refractivity contribution is 0.153. The van der Waals surface area contributed by atoms with Gasteiger partial charge in [-0.1, -0.05) is 16.8 Å². The van der Waals surface area contributed by atoms with Crippen molar-refractivity contribution < 1.29 is 9.63 Å². The summed E-state index contributed by atoms with van der Waals surface area (Å²) >= 11 is 0. The van der Waals surface area contributed by atoms with E-state index in [1.807, 2.05) is 6.07 Å². The third-order valence-electron chi connectivity index (χ3n) is 5.08. The monoisotopic (exact) mass is 366 g/mol. The van der Waals surface area contributed by atoms with E-state index in [1.54, 1.807) is 6.20 Å². The fraction of sp³-hybridized carbons (Fsp3) is 0.429. The van der Waals surface area contributed by atoms with Crippen molar-refractivity contribution >= 4 is 16.7 Å². The lowest BCUT2D eigenvalue weighted by atomic mass is 10.1. The first-order valence-corrected chi connectivity index (χ1v) is 9.50. The summed E-state index contributed by atoms with van der Waals surface area (Å²) in [7, 11) is 2.07. The molecule has 1 aromatic carbocycles. The minimum Gasteiger partial charge on any atom is -0.391 e. The number of hydrogen-bond donors (Lipinski definition) is 1. The van der Waals surface area contributed by atoms with Crippen molar-refractivity contribution in [2.45, 2.75) is 39.0 Å². The average molecular weight is 366 g/mol. The summed E-state index contributed by atoms with van der Waals surface area (Å²) < 4.78 is 5.24. The molecule has 0 radical (unpaired) electrons. The molecule has 0 unspecified atom stereocenters. The molecule has 2 aromatic heterocycles. The third-order valence-corrected chi connectivity index (χ3v) is 5.08. The summed E-state index contributed by atoms with van der Waals surface area (Å²) in [6.07, 6.45) is 3.24. The maximum atomic E-state index is 10.1. The minimum atomic E-state index is -0.283. The van der Waals surface area contributed by atoms with E-state index in [2.05, 4.69) is 53.2 Å². The Labute approximate surface area is 159 Å². The largest absolute Gasteiger partial charge is 0.391 e. The number of pyridine rings is 1. The molecule has 1 N–H and O–H groups in total. The van der Waals surface area contributed by atoms with Crippen LogP contribution in [-0.4, -0.2) is 46.4 Å². The first-order chi connectivity index (χ1) is 13.1. The highest BCUT2D eigenvalue weighted by Crippen LogP contribution is 2.28. The van der Waals surface area contributed by atoms with Gasteiger partial charge in [0.2, 0.25) is 0 Å². The van der Waals surface area contributed by atoms with Gasteiger partial charge in [-0.3, -0.25) is 4.90 Å². The molecule has 142 valence electrons. The van der Waals surface area contributed by atoms with Gasteiger partial charge in [0, 0.05) is 36.7 Å². The van der Waals surface area contributed by atoms with Crippen LogP contribution in [0.4, 0.5) is 5.82 Å². The van der Waals surface area contributed by atoms with E-state index in [0.717, 1.165) is 48.4 Å². The van der Waals surface area contributed by atoms with Crippen LogP contribution in [0.3, 0.4) is 0 Å². The Morgan fingerprint density at radius 2 is 2.15 bits per heavy atom. The molecule has 27 heavy (non-hydrogen) atoms. The summed E-state index contributed by atoms with van der Waals surface area (Å²) in [6, 6.07) is 10.5. The first kappa shape index (κ1) is 17.9.